The van der Waals surface area contributed by atoms with Gasteiger partial charge in [-0.25, -0.2) is 0 Å². The highest BCUT2D eigenvalue weighted by Crippen LogP contribution is 2.20. The van der Waals surface area contributed by atoms with Crippen LogP contribution in [0.15, 0.2) is 29.2 Å². The first-order valence-electron chi connectivity index (χ1n) is 3.77. The van der Waals surface area contributed by atoms with Crippen LogP contribution in [0, 0.1) is 0 Å². The van der Waals surface area contributed by atoms with Crippen LogP contribution in [0.25, 0.3) is 0 Å². The van der Waals surface area contributed by atoms with Crippen LogP contribution in [-0.4, -0.2) is 11.1 Å². The number of hydrogen-bond donors (Lipinski definition) is 0. The maximum atomic E-state index is 5.76. The van der Waals surface area contributed by atoms with Gasteiger partial charge in [0.25, 0.3) is 0 Å². The number of thioether (sulfide) groups is 1. The van der Waals surface area contributed by atoms with E-state index in [4.69, 9.17) is 11.6 Å². The second kappa shape index (κ2) is 5.90. The lowest BCUT2D eigenvalue weighted by Crippen LogP contribution is -1.79. The van der Waals surface area contributed by atoms with Crippen molar-refractivity contribution in [3.05, 3.63) is 29.3 Å². The molecule has 0 saturated carbocycles. The maximum absolute atomic E-state index is 5.76. The zero-order chi connectivity index (χ0) is 8.81. The summed E-state index contributed by atoms with van der Waals surface area (Å²) in [6.07, 6.45) is 1.20. The van der Waals surface area contributed by atoms with Crippen molar-refractivity contribution in [2.24, 2.45) is 0 Å². The Bertz CT molecular complexity index is 222. The van der Waals surface area contributed by atoms with Crippen molar-refractivity contribution in [1.29, 1.82) is 0 Å². The zero-order valence-corrected chi connectivity index (χ0v) is 9.75. The van der Waals surface area contributed by atoms with Crippen LogP contribution in [0.4, 0.5) is 0 Å². The predicted octanol–water partition coefficient (Wildman–Crippen LogP) is 4.22. The Hall–Kier alpha value is 0.340. The molecule has 0 unspecified atom stereocenters. The molecule has 0 aliphatic carbocycles. The smallest absolute Gasteiger partial charge is 0.0406 e. The van der Waals surface area contributed by atoms with Gasteiger partial charge in [-0.1, -0.05) is 27.5 Å². The van der Waals surface area contributed by atoms with E-state index in [1.807, 2.05) is 23.9 Å². The molecule has 0 aliphatic rings. The molecular formula is C9H10BrClS. The van der Waals surface area contributed by atoms with E-state index in [9.17, 15) is 0 Å². The first-order valence-corrected chi connectivity index (χ1v) is 6.26. The van der Waals surface area contributed by atoms with Gasteiger partial charge in [0.1, 0.15) is 0 Å². The van der Waals surface area contributed by atoms with Gasteiger partial charge in [0.05, 0.1) is 0 Å². The molecule has 0 aromatic heterocycles. The molecular weight excluding hydrogens is 256 g/mol. The maximum Gasteiger partial charge on any atom is 0.0406 e. The second-order valence-electron chi connectivity index (χ2n) is 2.34. The minimum atomic E-state index is 0.805. The Kier molecular flexibility index (Phi) is 5.12. The highest BCUT2D eigenvalue weighted by Gasteiger charge is 1.92. The van der Waals surface area contributed by atoms with Crippen molar-refractivity contribution in [2.45, 2.75) is 11.3 Å². The van der Waals surface area contributed by atoms with Crippen molar-refractivity contribution in [1.82, 2.24) is 0 Å². The highest BCUT2D eigenvalue weighted by molar-refractivity contribution is 9.09. The van der Waals surface area contributed by atoms with Crippen LogP contribution >= 0.6 is 39.3 Å². The third-order valence-corrected chi connectivity index (χ3v) is 3.27. The van der Waals surface area contributed by atoms with Gasteiger partial charge < -0.3 is 0 Å². The molecule has 0 fully saturated rings. The largest absolute Gasteiger partial charge is 0.126 e. The van der Waals surface area contributed by atoms with Crippen LogP contribution in [0.3, 0.4) is 0 Å². The average molecular weight is 266 g/mol. The number of rotatable bonds is 4. The summed E-state index contributed by atoms with van der Waals surface area (Å²) in [5.41, 5.74) is 0. The Morgan fingerprint density at radius 2 is 1.92 bits per heavy atom. The number of hydrogen-bond acceptors (Lipinski definition) is 1. The van der Waals surface area contributed by atoms with Crippen LogP contribution < -0.4 is 0 Å². The molecule has 0 radical (unpaired) electrons. The summed E-state index contributed by atoms with van der Waals surface area (Å²) in [5, 5.41) is 1.88. The molecule has 0 spiro atoms. The van der Waals surface area contributed by atoms with Crippen LogP contribution in [0.1, 0.15) is 6.42 Å². The van der Waals surface area contributed by atoms with Gasteiger partial charge in [-0.3, -0.25) is 0 Å². The average Bonchev–Trinajstić information content (AvgIpc) is 2.09. The highest BCUT2D eigenvalue weighted by atomic mass is 79.9. The first kappa shape index (κ1) is 10.4. The van der Waals surface area contributed by atoms with E-state index >= 15 is 0 Å². The topological polar surface area (TPSA) is 0 Å². The minimum absolute atomic E-state index is 0.805. The van der Waals surface area contributed by atoms with Gasteiger partial charge in [-0.15, -0.1) is 11.8 Å². The van der Waals surface area contributed by atoms with E-state index in [1.54, 1.807) is 0 Å². The quantitative estimate of drug-likeness (QED) is 0.446. The Labute approximate surface area is 90.8 Å². The summed E-state index contributed by atoms with van der Waals surface area (Å²) >= 11 is 11.0. The summed E-state index contributed by atoms with van der Waals surface area (Å²) in [6.45, 7) is 0. The fraction of sp³-hybridized carbons (Fsp3) is 0.333. The van der Waals surface area contributed by atoms with Crippen LogP contribution in [0.2, 0.25) is 5.02 Å². The molecule has 1 aromatic rings. The van der Waals surface area contributed by atoms with E-state index in [0.717, 1.165) is 16.1 Å². The standard InChI is InChI=1S/C9H10BrClS/c10-6-1-7-12-9-4-2-8(11)3-5-9/h2-5H,1,6-7H2. The summed E-state index contributed by atoms with van der Waals surface area (Å²) in [6, 6.07) is 7.97. The van der Waals surface area contributed by atoms with Gasteiger partial charge in [0.15, 0.2) is 0 Å². The normalized spacial score (nSPS) is 10.2. The summed E-state index contributed by atoms with van der Waals surface area (Å²) in [4.78, 5) is 1.29. The lowest BCUT2D eigenvalue weighted by atomic mass is 10.4. The number of halogens is 2. The molecule has 0 nitrogen and oxygen atoms in total. The lowest BCUT2D eigenvalue weighted by Gasteiger charge is -1.99. The lowest BCUT2D eigenvalue weighted by molar-refractivity contribution is 1.13. The van der Waals surface area contributed by atoms with Gasteiger partial charge in [-0.2, -0.15) is 0 Å². The second-order valence-corrected chi connectivity index (χ2v) is 4.74. The fourth-order valence-corrected chi connectivity index (χ4v) is 2.41. The molecule has 0 bridgehead atoms. The third kappa shape index (κ3) is 3.83. The van der Waals surface area contributed by atoms with Crippen molar-refractivity contribution < 1.29 is 0 Å². The van der Waals surface area contributed by atoms with Gasteiger partial charge >= 0.3 is 0 Å². The van der Waals surface area contributed by atoms with E-state index in [-0.39, 0.29) is 0 Å². The van der Waals surface area contributed by atoms with Crippen LogP contribution in [-0.2, 0) is 0 Å². The predicted molar refractivity (Wildman–Crippen MR) is 60.6 cm³/mol. The van der Waals surface area contributed by atoms with Crippen molar-refractivity contribution in [3.8, 4) is 0 Å². The van der Waals surface area contributed by atoms with Crippen molar-refractivity contribution >= 4 is 39.3 Å². The van der Waals surface area contributed by atoms with Crippen LogP contribution in [0.5, 0.6) is 0 Å². The Balaban J connectivity index is 2.37. The summed E-state index contributed by atoms with van der Waals surface area (Å²) in [5.74, 6) is 1.16. The molecule has 0 atom stereocenters. The SMILES string of the molecule is Clc1ccc(SCCCBr)cc1. The Morgan fingerprint density at radius 3 is 2.50 bits per heavy atom. The van der Waals surface area contributed by atoms with Gasteiger partial charge in [-0.05, 0) is 36.4 Å². The minimum Gasteiger partial charge on any atom is -0.126 e. The molecule has 66 valence electrons. The Morgan fingerprint density at radius 1 is 1.25 bits per heavy atom. The molecule has 0 saturated heterocycles. The zero-order valence-electron chi connectivity index (χ0n) is 6.59. The molecule has 0 N–H and O–H groups in total. The molecule has 0 heterocycles. The molecule has 3 heteroatoms. The van der Waals surface area contributed by atoms with E-state index in [0.29, 0.717) is 0 Å². The van der Waals surface area contributed by atoms with Crippen molar-refractivity contribution in [3.63, 3.8) is 0 Å². The molecule has 1 rings (SSSR count). The molecule has 0 amide bonds. The fourth-order valence-electron chi connectivity index (χ4n) is 0.775. The summed E-state index contributed by atoms with van der Waals surface area (Å²) in [7, 11) is 0. The van der Waals surface area contributed by atoms with Gasteiger partial charge in [0.2, 0.25) is 0 Å². The molecule has 0 aliphatic heterocycles. The number of benzene rings is 1. The van der Waals surface area contributed by atoms with E-state index in [1.165, 1.54) is 11.3 Å². The number of alkyl halides is 1. The first-order chi connectivity index (χ1) is 5.83. The van der Waals surface area contributed by atoms with E-state index in [2.05, 4.69) is 28.1 Å². The molecule has 12 heavy (non-hydrogen) atoms. The third-order valence-electron chi connectivity index (χ3n) is 1.36. The van der Waals surface area contributed by atoms with Crippen molar-refractivity contribution in [2.75, 3.05) is 11.1 Å². The van der Waals surface area contributed by atoms with Gasteiger partial charge in [0, 0.05) is 15.2 Å². The summed E-state index contributed by atoms with van der Waals surface area (Å²) < 4.78 is 0. The molecule has 1 aromatic carbocycles. The van der Waals surface area contributed by atoms with E-state index < -0.39 is 0 Å². The monoisotopic (exact) mass is 264 g/mol.